The number of H-pyrrole nitrogens is 1. The minimum Gasteiger partial charge on any atom is -0.492 e. The smallest absolute Gasteiger partial charge is 0.410 e. The fraction of sp³-hybridized carbons (Fsp3) is 0.469. The van der Waals surface area contributed by atoms with Gasteiger partial charge in [0.1, 0.15) is 18.1 Å². The van der Waals surface area contributed by atoms with Gasteiger partial charge in [0.2, 0.25) is 0 Å². The summed E-state index contributed by atoms with van der Waals surface area (Å²) < 4.78 is 17.1. The molecule has 2 N–H and O–H groups in total. The zero-order chi connectivity index (χ0) is 30.6. The van der Waals surface area contributed by atoms with Crippen LogP contribution in [0.1, 0.15) is 67.9 Å². The number of halogens is 1. The number of benzene rings is 2. The number of piperidine rings is 1. The Morgan fingerprint density at radius 2 is 1.81 bits per heavy atom. The van der Waals surface area contributed by atoms with Crippen LogP contribution in [0.25, 0.3) is 22.0 Å². The molecule has 1 atom stereocenters. The number of nitrogens with one attached hydrogen (secondary N) is 2. The van der Waals surface area contributed by atoms with E-state index in [1.54, 1.807) is 17.0 Å². The first kappa shape index (κ1) is 31.4. The summed E-state index contributed by atoms with van der Waals surface area (Å²) in [7, 11) is 1.48. The van der Waals surface area contributed by atoms with Crippen molar-refractivity contribution in [2.24, 2.45) is 0 Å². The molecule has 0 saturated carbocycles. The summed E-state index contributed by atoms with van der Waals surface area (Å²) in [4.78, 5) is 44.1. The third-order valence-electron chi connectivity index (χ3n) is 7.14. The molecule has 1 unspecified atom stereocenters. The largest absolute Gasteiger partial charge is 0.492 e. The Hall–Kier alpha value is -3.56. The lowest BCUT2D eigenvalue weighted by Crippen LogP contribution is -2.46. The second-order valence-electron chi connectivity index (χ2n) is 11.8. The van der Waals surface area contributed by atoms with Crippen LogP contribution < -0.4 is 15.6 Å². The molecule has 0 radical (unpaired) electrons. The molecule has 226 valence electrons. The number of methoxy groups -OCH3 is 1. The molecule has 1 saturated heterocycles. The highest BCUT2D eigenvalue weighted by atomic mass is 35.5. The maximum absolute atomic E-state index is 13.5. The number of aromatic nitrogens is 1. The van der Waals surface area contributed by atoms with E-state index in [9.17, 15) is 14.4 Å². The maximum Gasteiger partial charge on any atom is 0.410 e. The number of ether oxygens (including phenoxy) is 3. The summed E-state index contributed by atoms with van der Waals surface area (Å²) in [6.07, 6.45) is 2.98. The van der Waals surface area contributed by atoms with Crippen LogP contribution >= 0.6 is 11.6 Å². The lowest BCUT2D eigenvalue weighted by Gasteiger charge is -2.36. The highest BCUT2D eigenvalue weighted by molar-refractivity contribution is 6.34. The van der Waals surface area contributed by atoms with Crippen molar-refractivity contribution in [2.75, 3.05) is 27.0 Å². The Labute approximate surface area is 251 Å². The van der Waals surface area contributed by atoms with Crippen molar-refractivity contribution in [1.29, 1.82) is 0 Å². The Bertz CT molecular complexity index is 1510. The van der Waals surface area contributed by atoms with Crippen molar-refractivity contribution in [3.05, 3.63) is 62.4 Å². The van der Waals surface area contributed by atoms with Crippen LogP contribution in [0.15, 0.2) is 35.1 Å². The lowest BCUT2D eigenvalue weighted by atomic mass is 9.98. The van der Waals surface area contributed by atoms with E-state index < -0.39 is 11.5 Å². The highest BCUT2D eigenvalue weighted by Crippen LogP contribution is 2.37. The number of likely N-dealkylation sites (tertiary alicyclic amines) is 1. The monoisotopic (exact) mass is 597 g/mol. The molecule has 0 spiro atoms. The summed E-state index contributed by atoms with van der Waals surface area (Å²) in [6.45, 7) is 10.4. The highest BCUT2D eigenvalue weighted by Gasteiger charge is 2.30. The summed E-state index contributed by atoms with van der Waals surface area (Å²) in [5.74, 6) is -0.0557. The van der Waals surface area contributed by atoms with E-state index in [1.165, 1.54) is 7.11 Å². The zero-order valence-corrected chi connectivity index (χ0v) is 25.9. The van der Waals surface area contributed by atoms with Crippen molar-refractivity contribution in [3.63, 3.8) is 0 Å². The van der Waals surface area contributed by atoms with E-state index in [4.69, 9.17) is 25.8 Å². The molecule has 1 fully saturated rings. The molecule has 2 heterocycles. The number of fused-ring (bicyclic) bond motifs is 1. The van der Waals surface area contributed by atoms with E-state index in [1.807, 2.05) is 52.8 Å². The van der Waals surface area contributed by atoms with E-state index in [0.717, 1.165) is 30.4 Å². The van der Waals surface area contributed by atoms with Crippen LogP contribution in [0.4, 0.5) is 4.79 Å². The van der Waals surface area contributed by atoms with Crippen molar-refractivity contribution in [3.8, 4) is 16.9 Å². The number of pyridine rings is 1. The molecule has 4 rings (SSSR count). The molecule has 10 heteroatoms. The van der Waals surface area contributed by atoms with Gasteiger partial charge in [0.15, 0.2) is 0 Å². The fourth-order valence-corrected chi connectivity index (χ4v) is 5.63. The predicted octanol–water partition coefficient (Wildman–Crippen LogP) is 6.36. The first-order valence-electron chi connectivity index (χ1n) is 14.3. The van der Waals surface area contributed by atoms with Crippen LogP contribution in [0, 0.1) is 13.8 Å². The molecular weight excluding hydrogens is 558 g/mol. The number of carbonyl (C=O) groups is 2. The van der Waals surface area contributed by atoms with Gasteiger partial charge in [-0.25, -0.2) is 4.79 Å². The maximum atomic E-state index is 13.5. The predicted molar refractivity (Wildman–Crippen MR) is 165 cm³/mol. The number of aryl methyl sites for hydroxylation is 2. The van der Waals surface area contributed by atoms with Crippen molar-refractivity contribution >= 4 is 34.5 Å². The van der Waals surface area contributed by atoms with E-state index in [2.05, 4.69) is 10.3 Å². The van der Waals surface area contributed by atoms with Gasteiger partial charge < -0.3 is 29.4 Å². The van der Waals surface area contributed by atoms with Crippen LogP contribution in [0.2, 0.25) is 5.02 Å². The molecule has 1 aromatic heterocycles. The Morgan fingerprint density at radius 1 is 1.10 bits per heavy atom. The average Bonchev–Trinajstić information content (AvgIpc) is 2.90. The molecule has 1 aliphatic rings. The third kappa shape index (κ3) is 7.44. The van der Waals surface area contributed by atoms with Crippen molar-refractivity contribution in [2.45, 2.75) is 71.9 Å². The van der Waals surface area contributed by atoms with Gasteiger partial charge in [0.25, 0.3) is 11.5 Å². The van der Waals surface area contributed by atoms with Gasteiger partial charge >= 0.3 is 6.09 Å². The average molecular weight is 598 g/mol. The summed E-state index contributed by atoms with van der Waals surface area (Å²) >= 11 is 6.46. The van der Waals surface area contributed by atoms with Gasteiger partial charge in [0.05, 0.1) is 28.3 Å². The zero-order valence-electron chi connectivity index (χ0n) is 25.2. The number of nitrogens with zero attached hydrogens (tertiary/aromatic N) is 1. The van der Waals surface area contributed by atoms with E-state index >= 15 is 0 Å². The number of rotatable bonds is 8. The SMILES string of the molecule is COCNC(=O)c1cc2c(OCCC3CCCCN3C(=O)OC(C)(C)C)c(-c3cc(C)cc(C)c3)c(=O)[nH]c2cc1Cl. The number of aromatic amines is 1. The minimum absolute atomic E-state index is 0.0194. The van der Waals surface area contributed by atoms with Gasteiger partial charge in [0, 0.05) is 31.5 Å². The van der Waals surface area contributed by atoms with Gasteiger partial charge in [-0.15, -0.1) is 0 Å². The van der Waals surface area contributed by atoms with Crippen LogP contribution in [-0.4, -0.2) is 60.5 Å². The Balaban J connectivity index is 1.74. The Morgan fingerprint density at radius 3 is 2.48 bits per heavy atom. The molecule has 0 aliphatic carbocycles. The topological polar surface area (TPSA) is 110 Å². The van der Waals surface area contributed by atoms with Gasteiger partial charge in [-0.1, -0.05) is 40.9 Å². The number of amides is 2. The van der Waals surface area contributed by atoms with Crippen molar-refractivity contribution in [1.82, 2.24) is 15.2 Å². The molecule has 9 nitrogen and oxygen atoms in total. The van der Waals surface area contributed by atoms with E-state index in [-0.39, 0.29) is 41.6 Å². The molecule has 3 aromatic rings. The van der Waals surface area contributed by atoms with Crippen LogP contribution in [-0.2, 0) is 9.47 Å². The quantitative estimate of drug-likeness (QED) is 0.293. The Kier molecular flexibility index (Phi) is 9.84. The second-order valence-corrected chi connectivity index (χ2v) is 12.2. The summed E-state index contributed by atoms with van der Waals surface area (Å²) in [5.41, 5.74) is 2.84. The number of hydrogen-bond acceptors (Lipinski definition) is 6. The van der Waals surface area contributed by atoms with Crippen LogP contribution in [0.3, 0.4) is 0 Å². The van der Waals surface area contributed by atoms with Gasteiger partial charge in [-0.2, -0.15) is 0 Å². The molecule has 0 bridgehead atoms. The summed E-state index contributed by atoms with van der Waals surface area (Å²) in [5, 5.41) is 3.39. The molecule has 2 amide bonds. The van der Waals surface area contributed by atoms with Crippen LogP contribution in [0.5, 0.6) is 5.75 Å². The standard InChI is InChI=1S/C32H40ClN3O6/c1-19-13-20(2)15-21(14-19)27-28(41-12-10-22-9-7-8-11-36(22)31(39)42-32(3,4)5)24-16-23(29(37)34-18-40-6)25(33)17-26(24)35-30(27)38/h13-17,22H,7-12,18H2,1-6H3,(H,34,37)(H,35,38). The number of hydrogen-bond donors (Lipinski definition) is 2. The molecule has 42 heavy (non-hydrogen) atoms. The molecule has 2 aromatic carbocycles. The third-order valence-corrected chi connectivity index (χ3v) is 7.45. The first-order chi connectivity index (χ1) is 19.9. The fourth-order valence-electron chi connectivity index (χ4n) is 5.38. The lowest BCUT2D eigenvalue weighted by molar-refractivity contribution is 0.00744. The van der Waals surface area contributed by atoms with Gasteiger partial charge in [-0.3, -0.25) is 9.59 Å². The minimum atomic E-state index is -0.588. The number of carbonyl (C=O) groups excluding carboxylic acids is 2. The first-order valence-corrected chi connectivity index (χ1v) is 14.6. The second kappa shape index (κ2) is 13.2. The summed E-state index contributed by atoms with van der Waals surface area (Å²) in [6, 6.07) is 9.03. The molecule has 1 aliphatic heterocycles. The normalized spacial score (nSPS) is 15.5. The van der Waals surface area contributed by atoms with Crippen molar-refractivity contribution < 1.29 is 23.8 Å². The molecular formula is C32H40ClN3O6. The van der Waals surface area contributed by atoms with Gasteiger partial charge in [-0.05, 0) is 71.6 Å². The van der Waals surface area contributed by atoms with E-state index in [0.29, 0.717) is 40.7 Å².